The summed E-state index contributed by atoms with van der Waals surface area (Å²) in [6.07, 6.45) is 3.58. The molecule has 2 aliphatic heterocycles. The highest BCUT2D eigenvalue weighted by molar-refractivity contribution is 5.93. The number of carbonyl (C=O) groups is 4. The molecule has 0 aromatic carbocycles. The first-order valence-electron chi connectivity index (χ1n) is 18.7. The number of aromatic nitrogens is 3. The third kappa shape index (κ3) is 18.9. The zero-order valence-corrected chi connectivity index (χ0v) is 35.1. The summed E-state index contributed by atoms with van der Waals surface area (Å²) < 4.78 is 9.30. The van der Waals surface area contributed by atoms with Crippen LogP contribution in [0.4, 0.5) is 0 Å². The molecule has 3 aromatic heterocycles. The average Bonchev–Trinajstić information content (AvgIpc) is 3.10. The number of nitrogens with two attached hydrogens (primary N) is 2. The monoisotopic (exact) mass is 774 g/mol. The molecule has 2 aliphatic rings. The van der Waals surface area contributed by atoms with Crippen molar-refractivity contribution in [3.05, 3.63) is 87.3 Å². The van der Waals surface area contributed by atoms with Crippen LogP contribution < -0.4 is 22.1 Å². The van der Waals surface area contributed by atoms with E-state index in [1.54, 1.807) is 36.4 Å². The van der Waals surface area contributed by atoms with E-state index in [1.807, 2.05) is 41.5 Å². The highest BCUT2D eigenvalue weighted by Gasteiger charge is 2.29. The van der Waals surface area contributed by atoms with Crippen LogP contribution in [0.25, 0.3) is 0 Å². The Hall–Kier alpha value is -5.26. The Morgan fingerprint density at radius 1 is 0.607 bits per heavy atom. The van der Waals surface area contributed by atoms with Crippen LogP contribution in [-0.2, 0) is 19.1 Å². The Balaban J connectivity index is 0.000000350. The van der Waals surface area contributed by atoms with Crippen molar-refractivity contribution >= 4 is 23.8 Å². The molecule has 2 amide bonds. The zero-order chi connectivity index (χ0) is 42.7. The van der Waals surface area contributed by atoms with Crippen molar-refractivity contribution in [3.63, 3.8) is 0 Å². The molecule has 14 heteroatoms. The highest BCUT2D eigenvalue weighted by Crippen LogP contribution is 2.21. The summed E-state index contributed by atoms with van der Waals surface area (Å²) in [5, 5.41) is 15.2. The van der Waals surface area contributed by atoms with Gasteiger partial charge in [-0.3, -0.25) is 29.3 Å². The first kappa shape index (κ1) is 48.8. The number of ether oxygens (including phenoxy) is 2. The van der Waals surface area contributed by atoms with Gasteiger partial charge in [0.1, 0.15) is 0 Å². The second-order valence-corrected chi connectivity index (χ2v) is 14.6. The van der Waals surface area contributed by atoms with Crippen LogP contribution in [0.1, 0.15) is 114 Å². The van der Waals surface area contributed by atoms with E-state index in [0.717, 1.165) is 59.8 Å². The average molecular weight is 775 g/mol. The maximum Gasteiger partial charge on any atom is 0.337 e. The number of hydrogen-bond donors (Lipinski definition) is 4. The Labute approximate surface area is 332 Å². The first-order valence-corrected chi connectivity index (χ1v) is 18.7. The SMILES string of the molecule is COC(=O)C1C[C@@H](C)N[C@@H](C)C1.COC(=O)c1cc(C)nc(C)c1.C[C@@H]1CC(C(N)=O)C[C@H](C)N1.Cc1cc(C#N)cc(C)n1.Cc1cc(C(N)=O)cc(C)n1. The predicted octanol–water partition coefficient (Wildman–Crippen LogP) is 5.04. The lowest BCUT2D eigenvalue weighted by Gasteiger charge is -2.31. The predicted molar refractivity (Wildman–Crippen MR) is 216 cm³/mol. The van der Waals surface area contributed by atoms with Gasteiger partial charge in [0.05, 0.1) is 37.3 Å². The van der Waals surface area contributed by atoms with E-state index in [-0.39, 0.29) is 29.7 Å². The van der Waals surface area contributed by atoms with Crippen LogP contribution in [0.3, 0.4) is 0 Å². The summed E-state index contributed by atoms with van der Waals surface area (Å²) in [4.78, 5) is 56.2. The second kappa shape index (κ2) is 24.3. The number of amides is 2. The molecule has 6 atom stereocenters. The number of nitrogens with zero attached hydrogens (tertiary/aromatic N) is 4. The van der Waals surface area contributed by atoms with Crippen molar-refractivity contribution in [1.29, 1.82) is 5.26 Å². The quantitative estimate of drug-likeness (QED) is 0.256. The van der Waals surface area contributed by atoms with Crippen LogP contribution in [0.2, 0.25) is 0 Å². The Morgan fingerprint density at radius 2 is 0.946 bits per heavy atom. The van der Waals surface area contributed by atoms with Crippen LogP contribution in [0.5, 0.6) is 0 Å². The number of piperidine rings is 2. The minimum atomic E-state index is -0.404. The summed E-state index contributed by atoms with van der Waals surface area (Å²) in [5.41, 5.74) is 17.2. The number of pyridine rings is 3. The first-order chi connectivity index (χ1) is 26.2. The minimum Gasteiger partial charge on any atom is -0.469 e. The van der Waals surface area contributed by atoms with E-state index >= 15 is 0 Å². The lowest BCUT2D eigenvalue weighted by Crippen LogP contribution is -2.45. The van der Waals surface area contributed by atoms with Gasteiger partial charge in [0.2, 0.25) is 11.8 Å². The second-order valence-electron chi connectivity index (χ2n) is 14.6. The Kier molecular flexibility index (Phi) is 21.2. The number of nitriles is 1. The number of esters is 2. The molecule has 5 heterocycles. The van der Waals surface area contributed by atoms with Gasteiger partial charge in [0.15, 0.2) is 0 Å². The van der Waals surface area contributed by atoms with Crippen molar-refractivity contribution in [2.24, 2.45) is 23.3 Å². The summed E-state index contributed by atoms with van der Waals surface area (Å²) in [6.45, 7) is 19.5. The molecule has 5 rings (SSSR count). The number of hydrogen-bond acceptors (Lipinski definition) is 12. The maximum atomic E-state index is 11.2. The van der Waals surface area contributed by atoms with Gasteiger partial charge >= 0.3 is 11.9 Å². The molecule has 2 fully saturated rings. The molecule has 3 aromatic rings. The van der Waals surface area contributed by atoms with E-state index in [1.165, 1.54) is 14.2 Å². The van der Waals surface area contributed by atoms with Crippen molar-refractivity contribution in [1.82, 2.24) is 25.6 Å². The summed E-state index contributed by atoms with van der Waals surface area (Å²) in [7, 11) is 2.83. The van der Waals surface area contributed by atoms with E-state index in [0.29, 0.717) is 40.9 Å². The molecule has 306 valence electrons. The Morgan fingerprint density at radius 3 is 1.25 bits per heavy atom. The van der Waals surface area contributed by atoms with Crippen molar-refractivity contribution in [3.8, 4) is 6.07 Å². The van der Waals surface area contributed by atoms with Crippen LogP contribution in [0.15, 0.2) is 36.4 Å². The lowest BCUT2D eigenvalue weighted by molar-refractivity contribution is -0.147. The molecule has 2 unspecified atom stereocenters. The van der Waals surface area contributed by atoms with E-state index < -0.39 is 5.91 Å². The number of primary amides is 2. The molecule has 6 N–H and O–H groups in total. The maximum absolute atomic E-state index is 11.2. The van der Waals surface area contributed by atoms with Gasteiger partial charge in [0, 0.05) is 69.8 Å². The molecule has 0 saturated carbocycles. The summed E-state index contributed by atoms with van der Waals surface area (Å²) in [5.74, 6) is -0.745. The van der Waals surface area contributed by atoms with Gasteiger partial charge in [-0.1, -0.05) is 0 Å². The molecule has 14 nitrogen and oxygen atoms in total. The van der Waals surface area contributed by atoms with Gasteiger partial charge in [-0.25, -0.2) is 4.79 Å². The standard InChI is InChI=1S/C9H17NO2.C9H11NO2.C8H16N2O.C8H10N2O.C8H8N2/c2*1-6-4-8(9(11)12-3)5-7(2)10-6;2*1-5-3-7(8(9)11)4-6(2)10-5;1-6-3-8(5-9)4-7(2)10-6/h6-8,10H,4-5H2,1-3H3;4-5H,1-3H3;5-7,10H,3-4H2,1-2H3,(H2,9,11);3-4H,1-2H3,(H2,9,11);3-4H,1-2H3/t6-,7+,8?;;5-,6+,7?;;. The number of carbonyl (C=O) groups excluding carboxylic acids is 4. The molecule has 0 spiro atoms. The van der Waals surface area contributed by atoms with E-state index in [9.17, 15) is 19.2 Å². The van der Waals surface area contributed by atoms with Gasteiger partial charge in [0.25, 0.3) is 0 Å². The van der Waals surface area contributed by atoms with Gasteiger partial charge in [-0.2, -0.15) is 5.26 Å². The molecule has 0 bridgehead atoms. The fourth-order valence-electron chi connectivity index (χ4n) is 6.68. The number of aryl methyl sites for hydroxylation is 6. The van der Waals surface area contributed by atoms with Crippen molar-refractivity contribution in [2.75, 3.05) is 14.2 Å². The fraction of sp³-hybridized carbons (Fsp3) is 0.524. The van der Waals surface area contributed by atoms with Crippen LogP contribution in [0, 0.1) is 64.7 Å². The van der Waals surface area contributed by atoms with E-state index in [4.69, 9.17) is 21.5 Å². The fourth-order valence-corrected chi connectivity index (χ4v) is 6.68. The highest BCUT2D eigenvalue weighted by atomic mass is 16.5. The smallest absolute Gasteiger partial charge is 0.337 e. The number of methoxy groups -OCH3 is 2. The normalized spacial score (nSPS) is 20.8. The molecule has 0 radical (unpaired) electrons. The summed E-state index contributed by atoms with van der Waals surface area (Å²) >= 11 is 0. The summed E-state index contributed by atoms with van der Waals surface area (Å²) in [6, 6.07) is 14.1. The van der Waals surface area contributed by atoms with Gasteiger partial charge < -0.3 is 31.6 Å². The van der Waals surface area contributed by atoms with Crippen LogP contribution >= 0.6 is 0 Å². The van der Waals surface area contributed by atoms with Crippen molar-refractivity contribution in [2.45, 2.75) is 119 Å². The van der Waals surface area contributed by atoms with Gasteiger partial charge in [-0.15, -0.1) is 0 Å². The molecule has 0 aliphatic carbocycles. The largest absolute Gasteiger partial charge is 0.469 e. The minimum absolute atomic E-state index is 0.0600. The number of rotatable bonds is 4. The van der Waals surface area contributed by atoms with E-state index in [2.05, 4.69) is 64.1 Å². The lowest BCUT2D eigenvalue weighted by atomic mass is 9.89. The molecule has 56 heavy (non-hydrogen) atoms. The number of nitrogens with one attached hydrogen (secondary N) is 2. The third-order valence-corrected chi connectivity index (χ3v) is 8.71. The molecule has 2 saturated heterocycles. The Bertz CT molecular complexity index is 1730. The third-order valence-electron chi connectivity index (χ3n) is 8.71. The molecular formula is C42H62N8O6. The van der Waals surface area contributed by atoms with Crippen molar-refractivity contribution < 1.29 is 28.7 Å². The topological polar surface area (TPSA) is 225 Å². The van der Waals surface area contributed by atoms with Crippen LogP contribution in [-0.4, -0.2) is 77.1 Å². The zero-order valence-electron chi connectivity index (χ0n) is 35.1. The van der Waals surface area contributed by atoms with Gasteiger partial charge in [-0.05, 0) is 131 Å². The molecular weight excluding hydrogens is 713 g/mol.